The SMILES string of the molecule is CCCCc1ccccc1C(=O)CN[C@H](CS)C(=O)O. The molecule has 0 saturated carbocycles. The Bertz CT molecular complexity index is 462. The van der Waals surface area contributed by atoms with E-state index >= 15 is 0 Å². The van der Waals surface area contributed by atoms with E-state index in [1.54, 1.807) is 6.07 Å². The van der Waals surface area contributed by atoms with Gasteiger partial charge in [0.1, 0.15) is 6.04 Å². The van der Waals surface area contributed by atoms with Gasteiger partial charge in [0.2, 0.25) is 0 Å². The molecule has 0 unspecified atom stereocenters. The molecule has 0 aromatic heterocycles. The fourth-order valence-corrected chi connectivity index (χ4v) is 2.20. The van der Waals surface area contributed by atoms with Crippen molar-refractivity contribution in [2.24, 2.45) is 0 Å². The molecule has 0 amide bonds. The van der Waals surface area contributed by atoms with Crippen LogP contribution in [0.5, 0.6) is 0 Å². The van der Waals surface area contributed by atoms with Gasteiger partial charge >= 0.3 is 5.97 Å². The quantitative estimate of drug-likeness (QED) is 0.482. The number of rotatable bonds is 9. The van der Waals surface area contributed by atoms with Crippen LogP contribution in [-0.4, -0.2) is 35.2 Å². The predicted octanol–water partition coefficient (Wildman–Crippen LogP) is 2.18. The minimum Gasteiger partial charge on any atom is -0.480 e. The summed E-state index contributed by atoms with van der Waals surface area (Å²) in [6.07, 6.45) is 2.97. The summed E-state index contributed by atoms with van der Waals surface area (Å²) in [5, 5.41) is 11.6. The van der Waals surface area contributed by atoms with Crippen molar-refractivity contribution in [3.63, 3.8) is 0 Å². The second-order valence-corrected chi connectivity index (χ2v) is 5.00. The van der Waals surface area contributed by atoms with Gasteiger partial charge < -0.3 is 5.11 Å². The second kappa shape index (κ2) is 8.76. The molecule has 1 atom stereocenters. The van der Waals surface area contributed by atoms with E-state index in [4.69, 9.17) is 5.11 Å². The van der Waals surface area contributed by atoms with Crippen LogP contribution in [0.1, 0.15) is 35.7 Å². The van der Waals surface area contributed by atoms with Gasteiger partial charge in [-0.15, -0.1) is 0 Å². The summed E-state index contributed by atoms with van der Waals surface area (Å²) < 4.78 is 0. The zero-order chi connectivity index (χ0) is 15.0. The molecule has 0 bridgehead atoms. The lowest BCUT2D eigenvalue weighted by molar-refractivity contribution is -0.138. The molecule has 0 aliphatic carbocycles. The van der Waals surface area contributed by atoms with Crippen LogP contribution in [0, 0.1) is 0 Å². The van der Waals surface area contributed by atoms with Crippen LogP contribution in [0.3, 0.4) is 0 Å². The van der Waals surface area contributed by atoms with E-state index in [9.17, 15) is 9.59 Å². The average molecular weight is 295 g/mol. The molecule has 0 aliphatic heterocycles. The number of benzene rings is 1. The Morgan fingerprint density at radius 2 is 2.05 bits per heavy atom. The lowest BCUT2D eigenvalue weighted by Crippen LogP contribution is -2.41. The van der Waals surface area contributed by atoms with Crippen molar-refractivity contribution in [3.8, 4) is 0 Å². The molecule has 1 aromatic rings. The number of thiol groups is 1. The highest BCUT2D eigenvalue weighted by Gasteiger charge is 2.17. The first-order chi connectivity index (χ1) is 9.60. The van der Waals surface area contributed by atoms with E-state index < -0.39 is 12.0 Å². The summed E-state index contributed by atoms with van der Waals surface area (Å²) in [6, 6.07) is 6.70. The summed E-state index contributed by atoms with van der Waals surface area (Å²) in [6.45, 7) is 2.12. The molecule has 110 valence electrons. The van der Waals surface area contributed by atoms with E-state index in [1.807, 2.05) is 18.2 Å². The van der Waals surface area contributed by atoms with Crippen molar-refractivity contribution >= 4 is 24.4 Å². The summed E-state index contributed by atoms with van der Waals surface area (Å²) in [5.74, 6) is -0.920. The molecule has 1 rings (SSSR count). The largest absolute Gasteiger partial charge is 0.480 e. The lowest BCUT2D eigenvalue weighted by atomic mass is 9.99. The standard InChI is InChI=1S/C15H21NO3S/c1-2-3-6-11-7-4-5-8-12(11)14(17)9-16-13(10-20)15(18)19/h4-5,7-8,13,16,20H,2-3,6,9-10H2,1H3,(H,18,19)/t13-/m1/s1. The van der Waals surface area contributed by atoms with Gasteiger partial charge in [0.25, 0.3) is 0 Å². The molecule has 5 heteroatoms. The first kappa shape index (κ1) is 16.7. The topological polar surface area (TPSA) is 66.4 Å². The molecule has 0 aliphatic rings. The van der Waals surface area contributed by atoms with E-state index in [2.05, 4.69) is 24.9 Å². The van der Waals surface area contributed by atoms with E-state index in [0.717, 1.165) is 24.8 Å². The van der Waals surface area contributed by atoms with Crippen molar-refractivity contribution < 1.29 is 14.7 Å². The fraction of sp³-hybridized carbons (Fsp3) is 0.467. The van der Waals surface area contributed by atoms with E-state index in [-0.39, 0.29) is 18.1 Å². The van der Waals surface area contributed by atoms with E-state index in [0.29, 0.717) is 5.56 Å². The number of nitrogens with one attached hydrogen (secondary N) is 1. The van der Waals surface area contributed by atoms with Crippen LogP contribution < -0.4 is 5.32 Å². The summed E-state index contributed by atoms with van der Waals surface area (Å²) in [4.78, 5) is 23.1. The Morgan fingerprint density at radius 3 is 2.65 bits per heavy atom. The molecule has 0 radical (unpaired) electrons. The molecule has 0 spiro atoms. The Balaban J connectivity index is 2.69. The molecular weight excluding hydrogens is 274 g/mol. The smallest absolute Gasteiger partial charge is 0.321 e. The summed E-state index contributed by atoms with van der Waals surface area (Å²) in [5.41, 5.74) is 1.70. The van der Waals surface area contributed by atoms with Crippen molar-refractivity contribution in [1.29, 1.82) is 0 Å². The maximum Gasteiger partial charge on any atom is 0.321 e. The van der Waals surface area contributed by atoms with Crippen LogP contribution in [0.2, 0.25) is 0 Å². The molecule has 4 nitrogen and oxygen atoms in total. The van der Waals surface area contributed by atoms with Gasteiger partial charge in [0, 0.05) is 11.3 Å². The maximum absolute atomic E-state index is 12.2. The third kappa shape index (κ3) is 4.98. The average Bonchev–Trinajstić information content (AvgIpc) is 2.45. The fourth-order valence-electron chi connectivity index (χ4n) is 1.92. The monoisotopic (exact) mass is 295 g/mol. The van der Waals surface area contributed by atoms with Gasteiger partial charge in [-0.05, 0) is 18.4 Å². The third-order valence-corrected chi connectivity index (χ3v) is 3.47. The number of ketones is 1. The minimum atomic E-state index is -0.993. The number of carboxylic acids is 1. The number of carboxylic acid groups (broad SMARTS) is 1. The maximum atomic E-state index is 12.2. The highest BCUT2D eigenvalue weighted by molar-refractivity contribution is 7.80. The molecule has 0 heterocycles. The van der Waals surface area contributed by atoms with Crippen LogP contribution in [-0.2, 0) is 11.2 Å². The van der Waals surface area contributed by atoms with Crippen molar-refractivity contribution in [1.82, 2.24) is 5.32 Å². The first-order valence-corrected chi connectivity index (χ1v) is 7.41. The number of hydrogen-bond donors (Lipinski definition) is 3. The third-order valence-electron chi connectivity index (χ3n) is 3.11. The number of aryl methyl sites for hydroxylation is 1. The Hall–Kier alpha value is -1.33. The molecule has 0 saturated heterocycles. The minimum absolute atomic E-state index is 0.0145. The number of hydrogen-bond acceptors (Lipinski definition) is 4. The number of unbranched alkanes of at least 4 members (excludes halogenated alkanes) is 1. The second-order valence-electron chi connectivity index (χ2n) is 4.64. The number of carbonyl (C=O) groups is 2. The molecule has 20 heavy (non-hydrogen) atoms. The highest BCUT2D eigenvalue weighted by atomic mass is 32.1. The number of carbonyl (C=O) groups excluding carboxylic acids is 1. The normalized spacial score (nSPS) is 12.1. The first-order valence-electron chi connectivity index (χ1n) is 6.78. The van der Waals surface area contributed by atoms with Gasteiger partial charge in [-0.3, -0.25) is 14.9 Å². The molecule has 0 fully saturated rings. The van der Waals surface area contributed by atoms with Crippen LogP contribution in [0.4, 0.5) is 0 Å². The molecule has 2 N–H and O–H groups in total. The number of Topliss-reactive ketones (excluding diaryl/α,β-unsaturated/α-hetero) is 1. The highest BCUT2D eigenvalue weighted by Crippen LogP contribution is 2.12. The van der Waals surface area contributed by atoms with E-state index in [1.165, 1.54) is 0 Å². The Morgan fingerprint density at radius 1 is 1.35 bits per heavy atom. The molecule has 1 aromatic carbocycles. The summed E-state index contributed by atoms with van der Waals surface area (Å²) in [7, 11) is 0. The van der Waals surface area contributed by atoms with Crippen LogP contribution >= 0.6 is 12.6 Å². The van der Waals surface area contributed by atoms with Crippen molar-refractivity contribution in [2.45, 2.75) is 32.2 Å². The predicted molar refractivity (Wildman–Crippen MR) is 82.7 cm³/mol. The van der Waals surface area contributed by atoms with Gasteiger partial charge in [-0.25, -0.2) is 0 Å². The summed E-state index contributed by atoms with van der Waals surface area (Å²) >= 11 is 3.96. The molecular formula is C15H21NO3S. The number of aliphatic carboxylic acids is 1. The van der Waals surface area contributed by atoms with Gasteiger partial charge in [0.15, 0.2) is 5.78 Å². The van der Waals surface area contributed by atoms with Crippen molar-refractivity contribution in [2.75, 3.05) is 12.3 Å². The van der Waals surface area contributed by atoms with Gasteiger partial charge in [0.05, 0.1) is 6.54 Å². The lowest BCUT2D eigenvalue weighted by Gasteiger charge is -2.12. The zero-order valence-electron chi connectivity index (χ0n) is 11.6. The van der Waals surface area contributed by atoms with Crippen LogP contribution in [0.15, 0.2) is 24.3 Å². The Kier molecular flexibility index (Phi) is 7.33. The van der Waals surface area contributed by atoms with Crippen molar-refractivity contribution in [3.05, 3.63) is 35.4 Å². The van der Waals surface area contributed by atoms with Crippen LogP contribution in [0.25, 0.3) is 0 Å². The zero-order valence-corrected chi connectivity index (χ0v) is 12.5. The van der Waals surface area contributed by atoms with Gasteiger partial charge in [-0.1, -0.05) is 37.6 Å². The van der Waals surface area contributed by atoms with Gasteiger partial charge in [-0.2, -0.15) is 12.6 Å². The Labute approximate surface area is 125 Å².